The smallest absolute Gasteiger partial charge is 0.141 e. The fraction of sp³-hybridized carbons (Fsp3) is 0.467. The number of rotatable bonds is 5. The van der Waals surface area contributed by atoms with E-state index in [9.17, 15) is 0 Å². The Morgan fingerprint density at radius 1 is 1.40 bits per heavy atom. The van der Waals surface area contributed by atoms with Crippen molar-refractivity contribution in [2.75, 3.05) is 7.11 Å². The van der Waals surface area contributed by atoms with E-state index in [2.05, 4.69) is 45.6 Å². The van der Waals surface area contributed by atoms with Crippen molar-refractivity contribution in [3.8, 4) is 5.75 Å². The fourth-order valence-electron chi connectivity index (χ4n) is 2.78. The molecule has 1 atom stereocenters. The van der Waals surface area contributed by atoms with Gasteiger partial charge in [-0.2, -0.15) is 5.10 Å². The minimum atomic E-state index is 0.216. The molecule has 1 aromatic carbocycles. The molecule has 0 bridgehead atoms. The molecule has 20 heavy (non-hydrogen) atoms. The largest absolute Gasteiger partial charge is 0.497 e. The Morgan fingerprint density at radius 3 is 2.95 bits per heavy atom. The summed E-state index contributed by atoms with van der Waals surface area (Å²) in [5.41, 5.74) is 1.37. The number of aromatic amines is 1. The Bertz CT molecular complexity index is 549. The quantitative estimate of drug-likeness (QED) is 0.877. The predicted octanol–water partition coefficient (Wildman–Crippen LogP) is 2.41. The van der Waals surface area contributed by atoms with E-state index in [1.807, 2.05) is 6.07 Å². The summed E-state index contributed by atoms with van der Waals surface area (Å²) in [5, 5.41) is 10.4. The number of hydrogen-bond acceptors (Lipinski definition) is 4. The highest BCUT2D eigenvalue weighted by Gasteiger charge is 2.31. The van der Waals surface area contributed by atoms with E-state index in [1.54, 1.807) is 13.4 Å². The molecule has 106 valence electrons. The summed E-state index contributed by atoms with van der Waals surface area (Å²) in [6.07, 6.45) is 3.87. The molecule has 0 spiro atoms. The van der Waals surface area contributed by atoms with Gasteiger partial charge in [-0.3, -0.25) is 5.10 Å². The van der Waals surface area contributed by atoms with Gasteiger partial charge in [-0.15, -0.1) is 0 Å². The summed E-state index contributed by atoms with van der Waals surface area (Å²) in [4.78, 5) is 4.18. The minimum absolute atomic E-state index is 0.216. The SMILES string of the molecule is COc1cccc(C2CC(NC(C)c3ncn[nH]3)C2)c1. The van der Waals surface area contributed by atoms with E-state index in [4.69, 9.17) is 4.74 Å². The maximum Gasteiger partial charge on any atom is 0.141 e. The Balaban J connectivity index is 1.53. The van der Waals surface area contributed by atoms with Crippen molar-refractivity contribution in [3.63, 3.8) is 0 Å². The van der Waals surface area contributed by atoms with Gasteiger partial charge in [0.25, 0.3) is 0 Å². The molecule has 0 radical (unpaired) electrons. The highest BCUT2D eigenvalue weighted by Crippen LogP contribution is 2.38. The summed E-state index contributed by atoms with van der Waals surface area (Å²) < 4.78 is 5.28. The number of benzene rings is 1. The van der Waals surface area contributed by atoms with Crippen LogP contribution in [0.25, 0.3) is 0 Å². The van der Waals surface area contributed by atoms with Gasteiger partial charge in [0.2, 0.25) is 0 Å². The van der Waals surface area contributed by atoms with Crippen molar-refractivity contribution in [1.82, 2.24) is 20.5 Å². The Hall–Kier alpha value is -1.88. The Kier molecular flexibility index (Phi) is 3.69. The molecule has 1 aliphatic rings. The Morgan fingerprint density at radius 2 is 2.25 bits per heavy atom. The summed E-state index contributed by atoms with van der Waals surface area (Å²) in [6, 6.07) is 9.14. The van der Waals surface area contributed by atoms with Crippen molar-refractivity contribution >= 4 is 0 Å². The van der Waals surface area contributed by atoms with Gasteiger partial charge >= 0.3 is 0 Å². The highest BCUT2D eigenvalue weighted by atomic mass is 16.5. The summed E-state index contributed by atoms with van der Waals surface area (Å²) in [5.74, 6) is 2.47. The Labute approximate surface area is 118 Å². The molecule has 5 nitrogen and oxygen atoms in total. The van der Waals surface area contributed by atoms with Crippen LogP contribution in [0, 0.1) is 0 Å². The average Bonchev–Trinajstić information content (AvgIpc) is 2.96. The lowest BCUT2D eigenvalue weighted by Gasteiger charge is -2.37. The van der Waals surface area contributed by atoms with Crippen LogP contribution >= 0.6 is 0 Å². The van der Waals surface area contributed by atoms with Gasteiger partial charge in [0, 0.05) is 6.04 Å². The molecule has 1 unspecified atom stereocenters. The molecule has 3 rings (SSSR count). The standard InChI is InChI=1S/C15H20N4O/c1-10(15-16-9-17-19-15)18-13-6-12(7-13)11-4-3-5-14(8-11)20-2/h3-5,8-10,12-13,18H,6-7H2,1-2H3,(H,16,17,19). The second-order valence-electron chi connectivity index (χ2n) is 5.40. The van der Waals surface area contributed by atoms with Crippen LogP contribution in [0.1, 0.15) is 43.1 Å². The van der Waals surface area contributed by atoms with Crippen LogP contribution in [-0.2, 0) is 0 Å². The lowest BCUT2D eigenvalue weighted by Crippen LogP contribution is -2.41. The second-order valence-corrected chi connectivity index (χ2v) is 5.40. The van der Waals surface area contributed by atoms with Gasteiger partial charge in [0.05, 0.1) is 13.2 Å². The van der Waals surface area contributed by atoms with Crippen LogP contribution in [0.15, 0.2) is 30.6 Å². The molecule has 1 saturated carbocycles. The first-order valence-electron chi connectivity index (χ1n) is 7.01. The van der Waals surface area contributed by atoms with Gasteiger partial charge < -0.3 is 10.1 Å². The van der Waals surface area contributed by atoms with Crippen LogP contribution in [0.4, 0.5) is 0 Å². The monoisotopic (exact) mass is 272 g/mol. The number of aromatic nitrogens is 3. The number of nitrogens with zero attached hydrogens (tertiary/aromatic N) is 2. The van der Waals surface area contributed by atoms with Crippen LogP contribution in [0.2, 0.25) is 0 Å². The molecule has 1 fully saturated rings. The molecule has 1 aliphatic carbocycles. The minimum Gasteiger partial charge on any atom is -0.497 e. The first-order valence-corrected chi connectivity index (χ1v) is 7.01. The predicted molar refractivity (Wildman–Crippen MR) is 76.7 cm³/mol. The lowest BCUT2D eigenvalue weighted by atomic mass is 9.75. The van der Waals surface area contributed by atoms with Crippen LogP contribution in [-0.4, -0.2) is 28.3 Å². The van der Waals surface area contributed by atoms with Gasteiger partial charge in [-0.05, 0) is 43.4 Å². The normalized spacial score (nSPS) is 23.1. The van der Waals surface area contributed by atoms with Gasteiger partial charge in [-0.25, -0.2) is 4.98 Å². The molecule has 1 aromatic heterocycles. The zero-order valence-corrected chi connectivity index (χ0v) is 11.8. The van der Waals surface area contributed by atoms with E-state index >= 15 is 0 Å². The molecule has 0 aliphatic heterocycles. The van der Waals surface area contributed by atoms with Crippen molar-refractivity contribution in [2.24, 2.45) is 0 Å². The van der Waals surface area contributed by atoms with E-state index < -0.39 is 0 Å². The average molecular weight is 272 g/mol. The maximum absolute atomic E-state index is 5.28. The second kappa shape index (κ2) is 5.63. The van der Waals surface area contributed by atoms with Crippen LogP contribution in [0.3, 0.4) is 0 Å². The van der Waals surface area contributed by atoms with Crippen molar-refractivity contribution in [2.45, 2.75) is 37.8 Å². The number of nitrogens with one attached hydrogen (secondary N) is 2. The molecule has 1 heterocycles. The molecular weight excluding hydrogens is 252 g/mol. The number of ether oxygens (including phenoxy) is 1. The zero-order chi connectivity index (χ0) is 13.9. The molecule has 2 aromatic rings. The van der Waals surface area contributed by atoms with Crippen LogP contribution in [0.5, 0.6) is 5.75 Å². The fourth-order valence-corrected chi connectivity index (χ4v) is 2.78. The number of H-pyrrole nitrogens is 1. The molecule has 5 heteroatoms. The van der Waals surface area contributed by atoms with Gasteiger partial charge in [0.1, 0.15) is 17.9 Å². The maximum atomic E-state index is 5.28. The van der Waals surface area contributed by atoms with Gasteiger partial charge in [0.15, 0.2) is 0 Å². The van der Waals surface area contributed by atoms with E-state index in [1.165, 1.54) is 5.56 Å². The number of hydrogen-bond donors (Lipinski definition) is 2. The lowest BCUT2D eigenvalue weighted by molar-refractivity contribution is 0.267. The molecule has 2 N–H and O–H groups in total. The molecule has 0 saturated heterocycles. The third-order valence-corrected chi connectivity index (χ3v) is 4.03. The molecule has 0 amide bonds. The van der Waals surface area contributed by atoms with Gasteiger partial charge in [-0.1, -0.05) is 12.1 Å². The highest BCUT2D eigenvalue weighted by molar-refractivity contribution is 5.32. The topological polar surface area (TPSA) is 62.8 Å². The zero-order valence-electron chi connectivity index (χ0n) is 11.8. The summed E-state index contributed by atoms with van der Waals surface area (Å²) in [6.45, 7) is 2.11. The van der Waals surface area contributed by atoms with E-state index in [-0.39, 0.29) is 6.04 Å². The first-order chi connectivity index (χ1) is 9.76. The summed E-state index contributed by atoms with van der Waals surface area (Å²) in [7, 11) is 1.71. The summed E-state index contributed by atoms with van der Waals surface area (Å²) >= 11 is 0. The third-order valence-electron chi connectivity index (χ3n) is 4.03. The van der Waals surface area contributed by atoms with Crippen molar-refractivity contribution in [3.05, 3.63) is 42.0 Å². The van der Waals surface area contributed by atoms with E-state index in [0.29, 0.717) is 12.0 Å². The van der Waals surface area contributed by atoms with Crippen molar-refractivity contribution in [1.29, 1.82) is 0 Å². The van der Waals surface area contributed by atoms with Crippen molar-refractivity contribution < 1.29 is 4.74 Å². The number of methoxy groups -OCH3 is 1. The third kappa shape index (κ3) is 2.67. The van der Waals surface area contributed by atoms with Crippen LogP contribution < -0.4 is 10.1 Å². The first kappa shape index (κ1) is 13.1. The van der Waals surface area contributed by atoms with E-state index in [0.717, 1.165) is 24.4 Å². The molecular formula is C15H20N4O.